The van der Waals surface area contributed by atoms with Crippen molar-refractivity contribution in [1.29, 1.82) is 0 Å². The highest BCUT2D eigenvalue weighted by Crippen LogP contribution is 2.28. The summed E-state index contributed by atoms with van der Waals surface area (Å²) in [6.45, 7) is 1.39. The van der Waals surface area contributed by atoms with E-state index in [4.69, 9.17) is 17.0 Å². The molecule has 0 aromatic heterocycles. The molecule has 0 aliphatic rings. The van der Waals surface area contributed by atoms with E-state index in [2.05, 4.69) is 0 Å². The number of ether oxygens (including phenoxy) is 1. The normalized spacial score (nSPS) is 10.1. The molecule has 0 heterocycles. The summed E-state index contributed by atoms with van der Waals surface area (Å²) in [5.74, 6) is 1.06. The molecule has 2 aromatic rings. The summed E-state index contributed by atoms with van der Waals surface area (Å²) >= 11 is 8.60. The molecule has 0 saturated heterocycles. The van der Waals surface area contributed by atoms with E-state index < -0.39 is 0 Å². The third kappa shape index (κ3) is 5.91. The maximum absolute atomic E-state index is 10.8. The Hall–Kier alpha value is -1.30. The number of benzene rings is 2. The summed E-state index contributed by atoms with van der Waals surface area (Å²) in [4.78, 5) is 12.0. The van der Waals surface area contributed by atoms with Crippen molar-refractivity contribution in [1.82, 2.24) is 0 Å². The number of esters is 1. The molecule has 108 valence electrons. The first kappa shape index (κ1) is 16.1. The predicted molar refractivity (Wildman–Crippen MR) is 93.9 cm³/mol. The molecule has 0 N–H and O–H groups in total. The molecule has 2 aromatic carbocycles. The van der Waals surface area contributed by atoms with Gasteiger partial charge in [-0.2, -0.15) is 0 Å². The fourth-order valence-electron chi connectivity index (χ4n) is 1.58. The number of carbonyl (C=O) groups excluding carboxylic acids is 1. The summed E-state index contributed by atoms with van der Waals surface area (Å²) in [5, 5.41) is 0. The van der Waals surface area contributed by atoms with Crippen LogP contribution in [0, 0.1) is 0 Å². The van der Waals surface area contributed by atoms with Gasteiger partial charge < -0.3 is 4.74 Å². The lowest BCUT2D eigenvalue weighted by molar-refractivity contribution is -0.131. The van der Waals surface area contributed by atoms with Crippen LogP contribution in [0.3, 0.4) is 0 Å². The van der Waals surface area contributed by atoms with E-state index in [-0.39, 0.29) is 5.97 Å². The van der Waals surface area contributed by atoms with E-state index in [1.807, 2.05) is 42.5 Å². The van der Waals surface area contributed by atoms with E-state index >= 15 is 0 Å². The quantitative estimate of drug-likeness (QED) is 0.342. The van der Waals surface area contributed by atoms with Gasteiger partial charge in [0.1, 0.15) is 9.28 Å². The van der Waals surface area contributed by atoms with E-state index in [1.165, 1.54) is 6.92 Å². The Balaban J connectivity index is 1.82. The lowest BCUT2D eigenvalue weighted by atomic mass is 10.2. The minimum atomic E-state index is -0.308. The van der Waals surface area contributed by atoms with Crippen LogP contribution in [0.2, 0.25) is 0 Å². The molecule has 0 fully saturated rings. The topological polar surface area (TPSA) is 26.3 Å². The van der Waals surface area contributed by atoms with Crippen molar-refractivity contribution in [3.63, 3.8) is 0 Å². The van der Waals surface area contributed by atoms with Gasteiger partial charge in [-0.05, 0) is 29.8 Å². The zero-order chi connectivity index (χ0) is 15.1. The Morgan fingerprint density at radius 2 is 1.76 bits per heavy atom. The SMILES string of the molecule is CC(=O)Oc1ccc(CSC(=S)Sc2ccccc2)cc1. The Bertz CT molecular complexity index is 609. The third-order valence-electron chi connectivity index (χ3n) is 2.49. The van der Waals surface area contributed by atoms with Gasteiger partial charge in [-0.1, -0.05) is 54.3 Å². The zero-order valence-corrected chi connectivity index (χ0v) is 13.9. The molecule has 0 atom stereocenters. The van der Waals surface area contributed by atoms with E-state index in [0.29, 0.717) is 5.75 Å². The third-order valence-corrected chi connectivity index (χ3v) is 5.08. The highest BCUT2D eigenvalue weighted by molar-refractivity contribution is 8.46. The molecule has 0 aliphatic carbocycles. The fourth-order valence-corrected chi connectivity index (χ4v) is 3.71. The molecule has 0 unspecified atom stereocenters. The van der Waals surface area contributed by atoms with Crippen LogP contribution < -0.4 is 4.74 Å². The summed E-state index contributed by atoms with van der Waals surface area (Å²) in [6, 6.07) is 17.6. The maximum Gasteiger partial charge on any atom is 0.308 e. The van der Waals surface area contributed by atoms with Crippen molar-refractivity contribution in [2.75, 3.05) is 0 Å². The van der Waals surface area contributed by atoms with E-state index in [0.717, 1.165) is 19.7 Å². The van der Waals surface area contributed by atoms with Gasteiger partial charge in [-0.15, -0.1) is 11.8 Å². The molecule has 0 saturated carbocycles. The van der Waals surface area contributed by atoms with Gasteiger partial charge in [0.25, 0.3) is 0 Å². The molecule has 0 spiro atoms. The molecule has 0 radical (unpaired) electrons. The van der Waals surface area contributed by atoms with Crippen molar-refractivity contribution in [2.45, 2.75) is 17.6 Å². The molecular formula is C16H14O2S3. The Morgan fingerprint density at radius 3 is 2.38 bits per heavy atom. The minimum absolute atomic E-state index is 0.308. The molecule has 5 heteroatoms. The Kier molecular flexibility index (Phi) is 6.29. The number of carbonyl (C=O) groups is 1. The molecule has 0 aliphatic heterocycles. The van der Waals surface area contributed by atoms with Crippen LogP contribution in [0.1, 0.15) is 12.5 Å². The lowest BCUT2D eigenvalue weighted by Gasteiger charge is -2.05. The maximum atomic E-state index is 10.8. The second kappa shape index (κ2) is 8.22. The predicted octanol–water partition coefficient (Wildman–Crippen LogP) is 4.92. The lowest BCUT2D eigenvalue weighted by Crippen LogP contribution is -2.01. The van der Waals surface area contributed by atoms with Gasteiger partial charge in [0.2, 0.25) is 0 Å². The number of hydrogen-bond donors (Lipinski definition) is 0. The van der Waals surface area contributed by atoms with Gasteiger partial charge in [0, 0.05) is 17.6 Å². The average Bonchev–Trinajstić information content (AvgIpc) is 2.47. The van der Waals surface area contributed by atoms with Gasteiger partial charge in [-0.25, -0.2) is 0 Å². The molecule has 2 rings (SSSR count). The Morgan fingerprint density at radius 1 is 1.10 bits per heavy atom. The van der Waals surface area contributed by atoms with Crippen LogP contribution in [-0.4, -0.2) is 9.50 Å². The average molecular weight is 334 g/mol. The van der Waals surface area contributed by atoms with Gasteiger partial charge in [0.05, 0.1) is 0 Å². The second-order valence-corrected chi connectivity index (χ2v) is 7.44. The minimum Gasteiger partial charge on any atom is -0.427 e. The monoisotopic (exact) mass is 334 g/mol. The first-order chi connectivity index (χ1) is 10.1. The van der Waals surface area contributed by atoms with Gasteiger partial charge in [-0.3, -0.25) is 4.79 Å². The summed E-state index contributed by atoms with van der Waals surface area (Å²) in [5.41, 5.74) is 1.15. The number of hydrogen-bond acceptors (Lipinski definition) is 5. The molecule has 0 amide bonds. The van der Waals surface area contributed by atoms with Crippen molar-refractivity contribution < 1.29 is 9.53 Å². The number of thioether (sulfide) groups is 2. The standard InChI is InChI=1S/C16H14O2S3/c1-12(17)18-14-9-7-13(8-10-14)11-20-16(19)21-15-5-3-2-4-6-15/h2-10H,11H2,1H3. The molecular weight excluding hydrogens is 320 g/mol. The molecule has 21 heavy (non-hydrogen) atoms. The van der Waals surface area contributed by atoms with E-state index in [9.17, 15) is 4.79 Å². The van der Waals surface area contributed by atoms with Crippen LogP contribution in [0.15, 0.2) is 59.5 Å². The van der Waals surface area contributed by atoms with Gasteiger partial charge in [0.15, 0.2) is 0 Å². The van der Waals surface area contributed by atoms with Crippen molar-refractivity contribution in [3.05, 3.63) is 60.2 Å². The largest absolute Gasteiger partial charge is 0.427 e. The van der Waals surface area contributed by atoms with Crippen LogP contribution in [-0.2, 0) is 10.5 Å². The highest BCUT2D eigenvalue weighted by atomic mass is 32.2. The highest BCUT2D eigenvalue weighted by Gasteiger charge is 2.03. The summed E-state index contributed by atoms with van der Waals surface area (Å²) in [6.07, 6.45) is 0. The number of thiocarbonyl (C=S) groups is 1. The van der Waals surface area contributed by atoms with Crippen LogP contribution in [0.4, 0.5) is 0 Å². The zero-order valence-electron chi connectivity index (χ0n) is 11.4. The van der Waals surface area contributed by atoms with Crippen LogP contribution >= 0.6 is 35.7 Å². The van der Waals surface area contributed by atoms with Crippen molar-refractivity contribution in [3.8, 4) is 5.75 Å². The first-order valence-corrected chi connectivity index (χ1v) is 8.51. The van der Waals surface area contributed by atoms with Crippen molar-refractivity contribution in [2.24, 2.45) is 0 Å². The Labute approximate surface area is 138 Å². The fraction of sp³-hybridized carbons (Fsp3) is 0.125. The second-order valence-electron chi connectivity index (χ2n) is 4.19. The van der Waals surface area contributed by atoms with Crippen LogP contribution in [0.25, 0.3) is 0 Å². The molecule has 0 bridgehead atoms. The van der Waals surface area contributed by atoms with Gasteiger partial charge >= 0.3 is 5.97 Å². The van der Waals surface area contributed by atoms with Crippen LogP contribution in [0.5, 0.6) is 5.75 Å². The van der Waals surface area contributed by atoms with E-state index in [1.54, 1.807) is 35.7 Å². The number of rotatable bonds is 4. The molecule has 2 nitrogen and oxygen atoms in total. The smallest absolute Gasteiger partial charge is 0.308 e. The summed E-state index contributed by atoms with van der Waals surface area (Å²) < 4.78 is 5.89. The first-order valence-electron chi connectivity index (χ1n) is 6.30. The van der Waals surface area contributed by atoms with Crippen molar-refractivity contribution >= 4 is 45.2 Å². The summed E-state index contributed by atoms with van der Waals surface area (Å²) in [7, 11) is 0.